The van der Waals surface area contributed by atoms with Crippen LogP contribution in [0.3, 0.4) is 0 Å². The Balaban J connectivity index is 1.93. The molecule has 0 aliphatic rings. The number of fused-ring (bicyclic) bond motifs is 1. The summed E-state index contributed by atoms with van der Waals surface area (Å²) >= 11 is 0. The van der Waals surface area contributed by atoms with E-state index in [1.54, 1.807) is 6.92 Å². The molecule has 0 aromatic carbocycles. The number of hydrogen-bond acceptors (Lipinski definition) is 6. The van der Waals surface area contributed by atoms with Crippen molar-refractivity contribution in [2.75, 3.05) is 13.2 Å². The van der Waals surface area contributed by atoms with Crippen molar-refractivity contribution in [3.05, 3.63) is 26.7 Å². The van der Waals surface area contributed by atoms with Crippen molar-refractivity contribution in [3.8, 4) is 0 Å². The number of aromatic nitrogens is 4. The minimum absolute atomic E-state index is 0.138. The van der Waals surface area contributed by atoms with Crippen LogP contribution in [0.15, 0.2) is 9.59 Å². The van der Waals surface area contributed by atoms with E-state index in [4.69, 9.17) is 4.74 Å². The van der Waals surface area contributed by atoms with Gasteiger partial charge in [0.15, 0.2) is 5.65 Å². The largest absolute Gasteiger partial charge is 0.450 e. The number of rotatable bonds is 9. The van der Waals surface area contributed by atoms with Crippen molar-refractivity contribution >= 4 is 23.2 Å². The standard InChI is InChI=1S/C18H28N6O5/c1-5-29-18(28)20-11(8-10(2)3)9-19-13(25)7-6-12-21-14-15(22-12)24(4)17(27)23-16(14)26/h10-11H,5-9H2,1-4H3,(H,19,25)(H,20,28)(H,21,22)(H,23,26,27). The molecule has 0 aliphatic heterocycles. The number of carbonyl (C=O) groups is 2. The summed E-state index contributed by atoms with van der Waals surface area (Å²) in [5.41, 5.74) is -0.667. The number of H-pyrrole nitrogens is 2. The molecule has 11 heteroatoms. The van der Waals surface area contributed by atoms with E-state index in [0.717, 1.165) is 0 Å². The zero-order valence-electron chi connectivity index (χ0n) is 17.1. The van der Waals surface area contributed by atoms with Crippen LogP contribution in [0.5, 0.6) is 0 Å². The van der Waals surface area contributed by atoms with E-state index in [9.17, 15) is 19.2 Å². The molecule has 0 saturated heterocycles. The van der Waals surface area contributed by atoms with E-state index >= 15 is 0 Å². The lowest BCUT2D eigenvalue weighted by molar-refractivity contribution is -0.121. The van der Waals surface area contributed by atoms with Gasteiger partial charge in [0, 0.05) is 32.5 Å². The Morgan fingerprint density at radius 1 is 1.24 bits per heavy atom. The van der Waals surface area contributed by atoms with E-state index in [0.29, 0.717) is 18.2 Å². The fourth-order valence-electron chi connectivity index (χ4n) is 2.93. The molecule has 0 radical (unpaired) electrons. The molecular formula is C18H28N6O5. The minimum Gasteiger partial charge on any atom is -0.450 e. The topological polar surface area (TPSA) is 151 Å². The summed E-state index contributed by atoms with van der Waals surface area (Å²) < 4.78 is 6.13. The van der Waals surface area contributed by atoms with Gasteiger partial charge in [-0.15, -0.1) is 0 Å². The summed E-state index contributed by atoms with van der Waals surface area (Å²) in [4.78, 5) is 56.6. The van der Waals surface area contributed by atoms with Crippen molar-refractivity contribution in [2.45, 2.75) is 46.1 Å². The number of aromatic amines is 2. The smallest absolute Gasteiger partial charge is 0.407 e. The molecule has 11 nitrogen and oxygen atoms in total. The number of nitrogens with zero attached hydrogens (tertiary/aromatic N) is 2. The average molecular weight is 408 g/mol. The van der Waals surface area contributed by atoms with Crippen LogP contribution in [-0.4, -0.2) is 50.7 Å². The van der Waals surface area contributed by atoms with Gasteiger partial charge in [0.2, 0.25) is 5.91 Å². The Morgan fingerprint density at radius 3 is 2.62 bits per heavy atom. The number of nitrogens with one attached hydrogen (secondary N) is 4. The average Bonchev–Trinajstić information content (AvgIpc) is 3.07. The maximum absolute atomic E-state index is 12.2. The second-order valence-electron chi connectivity index (χ2n) is 7.20. The lowest BCUT2D eigenvalue weighted by Crippen LogP contribution is -2.44. The summed E-state index contributed by atoms with van der Waals surface area (Å²) in [7, 11) is 1.50. The molecule has 2 aromatic heterocycles. The monoisotopic (exact) mass is 408 g/mol. The predicted molar refractivity (Wildman–Crippen MR) is 107 cm³/mol. The van der Waals surface area contributed by atoms with E-state index < -0.39 is 17.3 Å². The lowest BCUT2D eigenvalue weighted by atomic mass is 10.0. The van der Waals surface area contributed by atoms with Gasteiger partial charge >= 0.3 is 11.8 Å². The molecule has 0 saturated carbocycles. The molecule has 0 aliphatic carbocycles. The second-order valence-corrected chi connectivity index (χ2v) is 7.20. The van der Waals surface area contributed by atoms with Crippen molar-refractivity contribution < 1.29 is 14.3 Å². The second kappa shape index (κ2) is 9.89. The number of alkyl carbamates (subject to hydrolysis) is 1. The van der Waals surface area contributed by atoms with E-state index in [-0.39, 0.29) is 49.1 Å². The van der Waals surface area contributed by atoms with Crippen molar-refractivity contribution in [2.24, 2.45) is 13.0 Å². The highest BCUT2D eigenvalue weighted by molar-refractivity contribution is 5.76. The predicted octanol–water partition coefficient (Wildman–Crippen LogP) is 0.160. The summed E-state index contributed by atoms with van der Waals surface area (Å²) in [5, 5.41) is 5.55. The number of ether oxygens (including phenoxy) is 1. The Labute approximate surface area is 167 Å². The maximum atomic E-state index is 12.2. The molecule has 1 atom stereocenters. The van der Waals surface area contributed by atoms with Gasteiger partial charge in [0.05, 0.1) is 6.61 Å². The Hall–Kier alpha value is -3.11. The summed E-state index contributed by atoms with van der Waals surface area (Å²) in [6.07, 6.45) is 0.596. The van der Waals surface area contributed by atoms with E-state index in [1.165, 1.54) is 11.6 Å². The third-order valence-corrected chi connectivity index (χ3v) is 4.29. The first-order valence-electron chi connectivity index (χ1n) is 9.59. The molecule has 29 heavy (non-hydrogen) atoms. The molecule has 160 valence electrons. The first-order chi connectivity index (χ1) is 13.7. The maximum Gasteiger partial charge on any atom is 0.407 e. The van der Waals surface area contributed by atoms with Gasteiger partial charge in [-0.05, 0) is 19.3 Å². The molecule has 4 N–H and O–H groups in total. The van der Waals surface area contributed by atoms with Crippen LogP contribution in [0.4, 0.5) is 4.79 Å². The fraction of sp³-hybridized carbons (Fsp3) is 0.611. The van der Waals surface area contributed by atoms with Gasteiger partial charge in [-0.2, -0.15) is 0 Å². The number of aryl methyl sites for hydroxylation is 2. The molecule has 2 heterocycles. The highest BCUT2D eigenvalue weighted by Crippen LogP contribution is 2.07. The Bertz CT molecular complexity index is 973. The minimum atomic E-state index is -0.552. The van der Waals surface area contributed by atoms with Crippen molar-refractivity contribution in [3.63, 3.8) is 0 Å². The summed E-state index contributed by atoms with van der Waals surface area (Å²) in [5.74, 6) is 0.553. The van der Waals surface area contributed by atoms with Gasteiger partial charge in [-0.1, -0.05) is 13.8 Å². The summed E-state index contributed by atoms with van der Waals surface area (Å²) in [6.45, 7) is 6.34. The highest BCUT2D eigenvalue weighted by Gasteiger charge is 2.16. The zero-order chi connectivity index (χ0) is 21.6. The lowest BCUT2D eigenvalue weighted by Gasteiger charge is -2.20. The summed E-state index contributed by atoms with van der Waals surface area (Å²) in [6, 6.07) is -0.239. The molecular weight excluding hydrogens is 380 g/mol. The van der Waals surface area contributed by atoms with Gasteiger partial charge in [0.25, 0.3) is 5.56 Å². The molecule has 1 unspecified atom stereocenters. The highest BCUT2D eigenvalue weighted by atomic mass is 16.5. The normalized spacial score (nSPS) is 12.2. The number of imidazole rings is 1. The van der Waals surface area contributed by atoms with Crippen LogP contribution in [0.2, 0.25) is 0 Å². The van der Waals surface area contributed by atoms with Crippen molar-refractivity contribution in [1.29, 1.82) is 0 Å². The van der Waals surface area contributed by atoms with Gasteiger partial charge < -0.3 is 20.4 Å². The molecule has 2 rings (SSSR count). The Kier molecular flexibility index (Phi) is 7.57. The van der Waals surface area contributed by atoms with Crippen LogP contribution in [0.1, 0.15) is 39.4 Å². The van der Waals surface area contributed by atoms with Crippen LogP contribution in [0, 0.1) is 5.92 Å². The molecule has 2 aromatic rings. The number of carbonyl (C=O) groups excluding carboxylic acids is 2. The zero-order valence-corrected chi connectivity index (χ0v) is 17.1. The van der Waals surface area contributed by atoms with Gasteiger partial charge in [0.1, 0.15) is 11.3 Å². The quantitative estimate of drug-likeness (QED) is 0.464. The van der Waals surface area contributed by atoms with E-state index in [1.807, 2.05) is 13.8 Å². The third kappa shape index (κ3) is 6.19. The fourth-order valence-corrected chi connectivity index (χ4v) is 2.93. The van der Waals surface area contributed by atoms with Crippen LogP contribution >= 0.6 is 0 Å². The Morgan fingerprint density at radius 2 is 1.97 bits per heavy atom. The van der Waals surface area contributed by atoms with Crippen LogP contribution in [0.25, 0.3) is 11.2 Å². The van der Waals surface area contributed by atoms with Crippen molar-refractivity contribution in [1.82, 2.24) is 30.2 Å². The van der Waals surface area contributed by atoms with Crippen LogP contribution in [-0.2, 0) is 23.0 Å². The first kappa shape index (κ1) is 22.2. The number of amides is 2. The number of hydrogen-bond donors (Lipinski definition) is 4. The van der Waals surface area contributed by atoms with Crippen LogP contribution < -0.4 is 21.9 Å². The molecule has 2 amide bonds. The molecule has 0 bridgehead atoms. The third-order valence-electron chi connectivity index (χ3n) is 4.29. The van der Waals surface area contributed by atoms with Gasteiger partial charge in [-0.25, -0.2) is 14.6 Å². The SMILES string of the molecule is CCOC(=O)NC(CNC(=O)CCc1nc2c([nH]1)c(=O)[nH]c(=O)n2C)CC(C)C. The van der Waals surface area contributed by atoms with E-state index in [2.05, 4.69) is 25.6 Å². The molecule has 0 fully saturated rings. The first-order valence-corrected chi connectivity index (χ1v) is 9.59. The molecule has 0 spiro atoms. The van der Waals surface area contributed by atoms with Gasteiger partial charge in [-0.3, -0.25) is 19.1 Å².